The summed E-state index contributed by atoms with van der Waals surface area (Å²) in [6.45, 7) is 6.34. The van der Waals surface area contributed by atoms with E-state index in [2.05, 4.69) is 31.6 Å². The first-order valence-corrected chi connectivity index (χ1v) is 8.12. The van der Waals surface area contributed by atoms with Crippen molar-refractivity contribution in [1.29, 1.82) is 0 Å². The fourth-order valence-corrected chi connectivity index (χ4v) is 2.33. The number of hydrogen-bond acceptors (Lipinski definition) is 3. The maximum absolute atomic E-state index is 12.1. The smallest absolute Gasteiger partial charge is 0.269 e. The molecule has 5 nitrogen and oxygen atoms in total. The summed E-state index contributed by atoms with van der Waals surface area (Å²) < 4.78 is 5.12. The Labute approximate surface area is 148 Å². The summed E-state index contributed by atoms with van der Waals surface area (Å²) in [4.78, 5) is 24.1. The molecule has 0 aliphatic rings. The number of carbonyl (C=O) groups excluding carboxylic acids is 2. The molecule has 0 aliphatic heterocycles. The van der Waals surface area contributed by atoms with Crippen molar-refractivity contribution in [3.05, 3.63) is 65.2 Å². The first-order valence-electron chi connectivity index (χ1n) is 8.12. The molecule has 2 amide bonds. The van der Waals surface area contributed by atoms with Crippen LogP contribution in [0.25, 0.3) is 0 Å². The molecule has 0 unspecified atom stereocenters. The van der Waals surface area contributed by atoms with E-state index in [-0.39, 0.29) is 23.7 Å². The Bertz CT molecular complexity index is 746. The first-order chi connectivity index (χ1) is 11.8. The number of ether oxygens (including phenoxy) is 1. The summed E-state index contributed by atoms with van der Waals surface area (Å²) in [5.41, 5.74) is 7.34. The van der Waals surface area contributed by atoms with Crippen LogP contribution in [0.3, 0.4) is 0 Å². The van der Waals surface area contributed by atoms with Crippen LogP contribution in [-0.2, 0) is 16.6 Å². The average molecular weight is 340 g/mol. The molecule has 0 atom stereocenters. The summed E-state index contributed by atoms with van der Waals surface area (Å²) in [6, 6.07) is 14.6. The third kappa shape index (κ3) is 5.35. The van der Waals surface area contributed by atoms with Gasteiger partial charge in [0.25, 0.3) is 5.91 Å². The third-order valence-corrected chi connectivity index (χ3v) is 3.83. The number of amides is 2. The van der Waals surface area contributed by atoms with Gasteiger partial charge in [-0.2, -0.15) is 0 Å². The molecular weight excluding hydrogens is 316 g/mol. The number of nitrogens with one attached hydrogen (secondary N) is 2. The van der Waals surface area contributed by atoms with E-state index >= 15 is 0 Å². The van der Waals surface area contributed by atoms with Gasteiger partial charge in [-0.3, -0.25) is 20.4 Å². The Kier molecular flexibility index (Phi) is 5.80. The van der Waals surface area contributed by atoms with Gasteiger partial charge in [0.2, 0.25) is 5.91 Å². The molecule has 0 radical (unpaired) electrons. The standard InChI is InChI=1S/C20H24N2O3/c1-20(2,3)16-10-8-15(9-11-16)19(24)22-21-18(23)13-14-6-5-7-17(12-14)25-4/h5-12H,13H2,1-4H3,(H,21,23)(H,22,24). The number of hydrogen-bond donors (Lipinski definition) is 2. The van der Waals surface area contributed by atoms with E-state index < -0.39 is 0 Å². The lowest BCUT2D eigenvalue weighted by atomic mass is 9.87. The van der Waals surface area contributed by atoms with E-state index in [0.717, 1.165) is 11.1 Å². The van der Waals surface area contributed by atoms with Gasteiger partial charge in [-0.1, -0.05) is 45.0 Å². The fourth-order valence-electron chi connectivity index (χ4n) is 2.33. The summed E-state index contributed by atoms with van der Waals surface area (Å²) in [7, 11) is 1.57. The van der Waals surface area contributed by atoms with Crippen molar-refractivity contribution in [3.63, 3.8) is 0 Å². The number of carbonyl (C=O) groups is 2. The Hall–Kier alpha value is -2.82. The van der Waals surface area contributed by atoms with Gasteiger partial charge >= 0.3 is 0 Å². The molecule has 0 spiro atoms. The molecule has 5 heteroatoms. The highest BCUT2D eigenvalue weighted by atomic mass is 16.5. The fraction of sp³-hybridized carbons (Fsp3) is 0.300. The van der Waals surface area contributed by atoms with Crippen LogP contribution < -0.4 is 15.6 Å². The van der Waals surface area contributed by atoms with Crippen LogP contribution in [0.1, 0.15) is 42.3 Å². The van der Waals surface area contributed by atoms with Crippen LogP contribution in [-0.4, -0.2) is 18.9 Å². The normalized spacial score (nSPS) is 10.9. The summed E-state index contributed by atoms with van der Waals surface area (Å²) in [6.07, 6.45) is 0.153. The molecule has 0 saturated carbocycles. The van der Waals surface area contributed by atoms with Gasteiger partial charge in [-0.05, 0) is 40.8 Å². The molecule has 0 aliphatic carbocycles. The Morgan fingerprint density at radius 1 is 1.00 bits per heavy atom. The van der Waals surface area contributed by atoms with Gasteiger partial charge in [0, 0.05) is 5.56 Å². The van der Waals surface area contributed by atoms with Crippen molar-refractivity contribution in [2.75, 3.05) is 7.11 Å². The summed E-state index contributed by atoms with van der Waals surface area (Å²) in [5.74, 6) is 0.0423. The maximum Gasteiger partial charge on any atom is 0.269 e. The quantitative estimate of drug-likeness (QED) is 0.841. The lowest BCUT2D eigenvalue weighted by Gasteiger charge is -2.19. The van der Waals surface area contributed by atoms with Crippen molar-refractivity contribution in [2.45, 2.75) is 32.6 Å². The molecule has 0 heterocycles. The highest BCUT2D eigenvalue weighted by Gasteiger charge is 2.14. The molecule has 2 N–H and O–H groups in total. The second-order valence-electron chi connectivity index (χ2n) is 6.86. The van der Waals surface area contributed by atoms with Gasteiger partial charge in [0.1, 0.15) is 5.75 Å². The van der Waals surface area contributed by atoms with Gasteiger partial charge < -0.3 is 4.74 Å². The van der Waals surface area contributed by atoms with Crippen molar-refractivity contribution >= 4 is 11.8 Å². The molecule has 2 rings (SSSR count). The zero-order valence-corrected chi connectivity index (χ0v) is 15.1. The molecule has 2 aromatic rings. The maximum atomic E-state index is 12.1. The zero-order chi connectivity index (χ0) is 18.4. The zero-order valence-electron chi connectivity index (χ0n) is 15.1. The van der Waals surface area contributed by atoms with Crippen LogP contribution >= 0.6 is 0 Å². The summed E-state index contributed by atoms with van der Waals surface area (Å²) in [5, 5.41) is 0. The number of rotatable bonds is 4. The van der Waals surface area contributed by atoms with Gasteiger partial charge in [-0.15, -0.1) is 0 Å². The first kappa shape index (κ1) is 18.5. The summed E-state index contributed by atoms with van der Waals surface area (Å²) >= 11 is 0. The topological polar surface area (TPSA) is 67.4 Å². The van der Waals surface area contributed by atoms with E-state index in [0.29, 0.717) is 11.3 Å². The van der Waals surface area contributed by atoms with Crippen molar-refractivity contribution in [3.8, 4) is 5.75 Å². The van der Waals surface area contributed by atoms with Crippen LogP contribution in [0, 0.1) is 0 Å². The van der Waals surface area contributed by atoms with Gasteiger partial charge in [0.15, 0.2) is 0 Å². The predicted molar refractivity (Wildman–Crippen MR) is 97.4 cm³/mol. The second-order valence-corrected chi connectivity index (χ2v) is 6.86. The monoisotopic (exact) mass is 340 g/mol. The largest absolute Gasteiger partial charge is 0.497 e. The van der Waals surface area contributed by atoms with Crippen LogP contribution in [0.2, 0.25) is 0 Å². The number of methoxy groups -OCH3 is 1. The molecule has 0 saturated heterocycles. The SMILES string of the molecule is COc1cccc(CC(=O)NNC(=O)c2ccc(C(C)(C)C)cc2)c1. The Balaban J connectivity index is 1.89. The van der Waals surface area contributed by atoms with Crippen LogP contribution in [0.4, 0.5) is 0 Å². The number of hydrazine groups is 1. The van der Waals surface area contributed by atoms with Crippen molar-refractivity contribution in [1.82, 2.24) is 10.9 Å². The molecule has 0 fully saturated rings. The molecule has 2 aromatic carbocycles. The van der Waals surface area contributed by atoms with Crippen molar-refractivity contribution in [2.24, 2.45) is 0 Å². The van der Waals surface area contributed by atoms with Crippen LogP contribution in [0.5, 0.6) is 5.75 Å². The second kappa shape index (κ2) is 7.83. The van der Waals surface area contributed by atoms with E-state index in [4.69, 9.17) is 4.74 Å². The highest BCUT2D eigenvalue weighted by Crippen LogP contribution is 2.22. The predicted octanol–water partition coefficient (Wildman–Crippen LogP) is 3.00. The van der Waals surface area contributed by atoms with Crippen LogP contribution in [0.15, 0.2) is 48.5 Å². The molecule has 0 aromatic heterocycles. The van der Waals surface area contributed by atoms with E-state index in [1.54, 1.807) is 25.3 Å². The lowest BCUT2D eigenvalue weighted by Crippen LogP contribution is -2.42. The Morgan fingerprint density at radius 2 is 1.68 bits per heavy atom. The molecule has 25 heavy (non-hydrogen) atoms. The molecule has 132 valence electrons. The molecule has 0 bridgehead atoms. The highest BCUT2D eigenvalue weighted by molar-refractivity contribution is 5.95. The number of benzene rings is 2. The Morgan fingerprint density at radius 3 is 2.28 bits per heavy atom. The lowest BCUT2D eigenvalue weighted by molar-refractivity contribution is -0.121. The van der Waals surface area contributed by atoms with Gasteiger partial charge in [0.05, 0.1) is 13.5 Å². The third-order valence-electron chi connectivity index (χ3n) is 3.83. The van der Waals surface area contributed by atoms with E-state index in [9.17, 15) is 9.59 Å². The van der Waals surface area contributed by atoms with Crippen molar-refractivity contribution < 1.29 is 14.3 Å². The average Bonchev–Trinajstić information content (AvgIpc) is 2.59. The van der Waals surface area contributed by atoms with Gasteiger partial charge in [-0.25, -0.2) is 0 Å². The van der Waals surface area contributed by atoms with E-state index in [1.165, 1.54) is 0 Å². The molecular formula is C20H24N2O3. The minimum Gasteiger partial charge on any atom is -0.497 e. The van der Waals surface area contributed by atoms with E-state index in [1.807, 2.05) is 30.3 Å². The minimum absolute atomic E-state index is 0.0277. The minimum atomic E-state index is -0.348.